The molecule has 108 valence electrons. The molecule has 0 fully saturated rings. The summed E-state index contributed by atoms with van der Waals surface area (Å²) in [5.41, 5.74) is 1.04. The molecule has 0 aromatic heterocycles. The molecule has 2 aromatic carbocycles. The van der Waals surface area contributed by atoms with Crippen molar-refractivity contribution in [2.75, 3.05) is 0 Å². The minimum Gasteiger partial charge on any atom is -0.508 e. The molecular formula is C16H14O5. The number of carboxylic acids is 1. The van der Waals surface area contributed by atoms with Gasteiger partial charge in [-0.1, -0.05) is 42.5 Å². The molecule has 0 saturated carbocycles. The molecule has 0 amide bonds. The van der Waals surface area contributed by atoms with Gasteiger partial charge in [0.15, 0.2) is 5.92 Å². The van der Waals surface area contributed by atoms with Crippen molar-refractivity contribution >= 4 is 11.9 Å². The summed E-state index contributed by atoms with van der Waals surface area (Å²) in [7, 11) is 0. The van der Waals surface area contributed by atoms with E-state index in [-0.39, 0.29) is 17.9 Å². The topological polar surface area (TPSA) is 83.8 Å². The quantitative estimate of drug-likeness (QED) is 0.651. The van der Waals surface area contributed by atoms with Crippen LogP contribution in [-0.4, -0.2) is 22.2 Å². The Morgan fingerprint density at radius 1 is 1.00 bits per heavy atom. The molecule has 2 aromatic rings. The normalized spacial score (nSPS) is 11.6. The molecule has 2 rings (SSSR count). The number of rotatable bonds is 5. The van der Waals surface area contributed by atoms with E-state index in [1.165, 1.54) is 24.3 Å². The second-order valence-corrected chi connectivity index (χ2v) is 4.46. The lowest BCUT2D eigenvalue weighted by molar-refractivity contribution is -0.155. The number of hydrogen-bond acceptors (Lipinski definition) is 4. The van der Waals surface area contributed by atoms with Gasteiger partial charge < -0.3 is 14.9 Å². The molecule has 1 unspecified atom stereocenters. The van der Waals surface area contributed by atoms with Crippen molar-refractivity contribution in [3.8, 4) is 5.75 Å². The predicted molar refractivity (Wildman–Crippen MR) is 74.7 cm³/mol. The standard InChI is InChI=1S/C16H14O5/c17-13-8-6-12(7-9-13)14(15(18)19)16(20)21-10-11-4-2-1-3-5-11/h1-9,14,17H,10H2,(H,18,19). The molecule has 0 aliphatic carbocycles. The molecule has 21 heavy (non-hydrogen) atoms. The lowest BCUT2D eigenvalue weighted by atomic mass is 9.99. The fraction of sp³-hybridized carbons (Fsp3) is 0.125. The highest BCUT2D eigenvalue weighted by Crippen LogP contribution is 2.21. The summed E-state index contributed by atoms with van der Waals surface area (Å²) >= 11 is 0. The predicted octanol–water partition coefficient (Wildman–Crippen LogP) is 2.30. The first kappa shape index (κ1) is 14.6. The Labute approximate surface area is 121 Å². The zero-order chi connectivity index (χ0) is 15.2. The Kier molecular flexibility index (Phi) is 4.56. The highest BCUT2D eigenvalue weighted by molar-refractivity contribution is 5.99. The maximum absolute atomic E-state index is 12.0. The Bertz CT molecular complexity index is 619. The second kappa shape index (κ2) is 6.56. The van der Waals surface area contributed by atoms with Gasteiger partial charge in [-0.05, 0) is 23.3 Å². The van der Waals surface area contributed by atoms with Crippen LogP contribution in [0.4, 0.5) is 0 Å². The van der Waals surface area contributed by atoms with Crippen LogP contribution >= 0.6 is 0 Å². The minimum atomic E-state index is -1.41. The number of aromatic hydroxyl groups is 1. The number of hydrogen-bond donors (Lipinski definition) is 2. The third kappa shape index (κ3) is 3.82. The smallest absolute Gasteiger partial charge is 0.325 e. The number of carbonyl (C=O) groups excluding carboxylic acids is 1. The molecule has 0 saturated heterocycles. The summed E-state index contributed by atoms with van der Waals surface area (Å²) in [5, 5.41) is 18.4. The lowest BCUT2D eigenvalue weighted by Crippen LogP contribution is -2.23. The Hall–Kier alpha value is -2.82. The van der Waals surface area contributed by atoms with Crippen molar-refractivity contribution < 1.29 is 24.5 Å². The van der Waals surface area contributed by atoms with Crippen LogP contribution in [0.2, 0.25) is 0 Å². The van der Waals surface area contributed by atoms with Crippen molar-refractivity contribution in [1.82, 2.24) is 0 Å². The number of carbonyl (C=O) groups is 2. The number of ether oxygens (including phenoxy) is 1. The SMILES string of the molecule is O=C(O)C(C(=O)OCc1ccccc1)c1ccc(O)cc1. The molecule has 5 nitrogen and oxygen atoms in total. The number of benzene rings is 2. The van der Waals surface area contributed by atoms with E-state index in [0.29, 0.717) is 0 Å². The highest BCUT2D eigenvalue weighted by atomic mass is 16.5. The van der Waals surface area contributed by atoms with Gasteiger partial charge in [-0.3, -0.25) is 9.59 Å². The van der Waals surface area contributed by atoms with Crippen LogP contribution in [-0.2, 0) is 20.9 Å². The van der Waals surface area contributed by atoms with Crippen molar-refractivity contribution in [2.45, 2.75) is 12.5 Å². The molecule has 0 aliphatic rings. The van der Waals surface area contributed by atoms with Crippen LogP contribution in [0.1, 0.15) is 17.0 Å². The van der Waals surface area contributed by atoms with Gasteiger partial charge in [0.1, 0.15) is 12.4 Å². The number of aliphatic carboxylic acids is 1. The molecule has 0 radical (unpaired) electrons. The van der Waals surface area contributed by atoms with Gasteiger partial charge in [-0.2, -0.15) is 0 Å². The molecule has 2 N–H and O–H groups in total. The van der Waals surface area contributed by atoms with Crippen LogP contribution < -0.4 is 0 Å². The van der Waals surface area contributed by atoms with E-state index in [0.717, 1.165) is 5.56 Å². The summed E-state index contributed by atoms with van der Waals surface area (Å²) in [6, 6.07) is 14.4. The van der Waals surface area contributed by atoms with E-state index in [9.17, 15) is 19.8 Å². The zero-order valence-corrected chi connectivity index (χ0v) is 11.1. The van der Waals surface area contributed by atoms with Crippen molar-refractivity contribution in [3.63, 3.8) is 0 Å². The van der Waals surface area contributed by atoms with Gasteiger partial charge in [0, 0.05) is 0 Å². The number of phenolic OH excluding ortho intramolecular Hbond substituents is 1. The van der Waals surface area contributed by atoms with Crippen LogP contribution in [0.25, 0.3) is 0 Å². The van der Waals surface area contributed by atoms with E-state index in [4.69, 9.17) is 4.74 Å². The van der Waals surface area contributed by atoms with E-state index in [2.05, 4.69) is 0 Å². The minimum absolute atomic E-state index is 0.000502. The fourth-order valence-electron chi connectivity index (χ4n) is 1.86. The van der Waals surface area contributed by atoms with E-state index in [1.54, 1.807) is 24.3 Å². The summed E-state index contributed by atoms with van der Waals surface area (Å²) in [6.45, 7) is 0.0154. The Morgan fingerprint density at radius 2 is 1.62 bits per heavy atom. The van der Waals surface area contributed by atoms with Crippen LogP contribution in [0, 0.1) is 0 Å². The molecule has 0 bridgehead atoms. The van der Waals surface area contributed by atoms with Crippen molar-refractivity contribution in [3.05, 3.63) is 65.7 Å². The van der Waals surface area contributed by atoms with Crippen LogP contribution in [0.3, 0.4) is 0 Å². The summed E-state index contributed by atoms with van der Waals surface area (Å²) in [5.74, 6) is -3.54. The van der Waals surface area contributed by atoms with E-state index >= 15 is 0 Å². The molecule has 0 aliphatic heterocycles. The molecule has 0 spiro atoms. The van der Waals surface area contributed by atoms with Gasteiger partial charge in [0.25, 0.3) is 0 Å². The lowest BCUT2D eigenvalue weighted by Gasteiger charge is -2.12. The first-order valence-electron chi connectivity index (χ1n) is 6.30. The Balaban J connectivity index is 2.09. The summed E-state index contributed by atoms with van der Waals surface area (Å²) in [6.07, 6.45) is 0. The van der Waals surface area contributed by atoms with Crippen LogP contribution in [0.5, 0.6) is 5.75 Å². The number of esters is 1. The average Bonchev–Trinajstić information content (AvgIpc) is 2.48. The first-order valence-corrected chi connectivity index (χ1v) is 6.30. The molecule has 0 heterocycles. The number of carboxylic acid groups (broad SMARTS) is 1. The largest absolute Gasteiger partial charge is 0.508 e. The maximum Gasteiger partial charge on any atom is 0.325 e. The third-order valence-electron chi connectivity index (χ3n) is 2.93. The average molecular weight is 286 g/mol. The highest BCUT2D eigenvalue weighted by Gasteiger charge is 2.29. The van der Waals surface area contributed by atoms with E-state index < -0.39 is 17.9 Å². The molecular weight excluding hydrogens is 272 g/mol. The monoisotopic (exact) mass is 286 g/mol. The van der Waals surface area contributed by atoms with Gasteiger partial charge in [0.2, 0.25) is 0 Å². The first-order chi connectivity index (χ1) is 10.1. The summed E-state index contributed by atoms with van der Waals surface area (Å²) < 4.78 is 5.05. The van der Waals surface area contributed by atoms with Gasteiger partial charge >= 0.3 is 11.9 Å². The Morgan fingerprint density at radius 3 is 2.19 bits per heavy atom. The summed E-state index contributed by atoms with van der Waals surface area (Å²) in [4.78, 5) is 23.3. The fourth-order valence-corrected chi connectivity index (χ4v) is 1.86. The molecule has 5 heteroatoms. The van der Waals surface area contributed by atoms with Gasteiger partial charge in [-0.25, -0.2) is 0 Å². The van der Waals surface area contributed by atoms with Crippen molar-refractivity contribution in [2.24, 2.45) is 0 Å². The van der Waals surface area contributed by atoms with Crippen molar-refractivity contribution in [1.29, 1.82) is 0 Å². The van der Waals surface area contributed by atoms with Gasteiger partial charge in [0.05, 0.1) is 0 Å². The van der Waals surface area contributed by atoms with Gasteiger partial charge in [-0.15, -0.1) is 0 Å². The second-order valence-electron chi connectivity index (χ2n) is 4.46. The third-order valence-corrected chi connectivity index (χ3v) is 2.93. The van der Waals surface area contributed by atoms with Crippen LogP contribution in [0.15, 0.2) is 54.6 Å². The number of phenols is 1. The van der Waals surface area contributed by atoms with E-state index in [1.807, 2.05) is 6.07 Å². The maximum atomic E-state index is 12.0. The zero-order valence-electron chi connectivity index (χ0n) is 11.1. The molecule has 1 atom stereocenters.